The maximum atomic E-state index is 13.6. The van der Waals surface area contributed by atoms with Gasteiger partial charge in [0, 0.05) is 22.6 Å². The summed E-state index contributed by atoms with van der Waals surface area (Å²) in [4.78, 5) is 7.55. The molecule has 0 saturated heterocycles. The van der Waals surface area contributed by atoms with Gasteiger partial charge in [-0.2, -0.15) is 13.2 Å². The minimum Gasteiger partial charge on any atom is -0.505 e. The van der Waals surface area contributed by atoms with Crippen LogP contribution in [0.15, 0.2) is 30.5 Å². The van der Waals surface area contributed by atoms with Gasteiger partial charge in [0.15, 0.2) is 11.5 Å². The summed E-state index contributed by atoms with van der Waals surface area (Å²) in [5.41, 5.74) is -0.797. The smallest absolute Gasteiger partial charge is 0.434 e. The zero-order valence-electron chi connectivity index (χ0n) is 14.5. The summed E-state index contributed by atoms with van der Waals surface area (Å²) < 4.78 is 56.9. The highest BCUT2D eigenvalue weighted by Gasteiger charge is 2.43. The van der Waals surface area contributed by atoms with Crippen LogP contribution in [0, 0.1) is 0 Å². The van der Waals surface area contributed by atoms with Crippen molar-refractivity contribution in [3.8, 4) is 5.88 Å². The molecular formula is C17H15F3N2O3S2. The van der Waals surface area contributed by atoms with Crippen molar-refractivity contribution in [2.24, 2.45) is 0 Å². The van der Waals surface area contributed by atoms with Crippen LogP contribution in [-0.2, 0) is 30.6 Å². The minimum absolute atomic E-state index is 0.103. The van der Waals surface area contributed by atoms with E-state index in [0.29, 0.717) is 5.56 Å². The maximum absolute atomic E-state index is 13.6. The van der Waals surface area contributed by atoms with Gasteiger partial charge in [-0.25, -0.2) is 9.19 Å². The lowest BCUT2D eigenvalue weighted by atomic mass is 9.97. The number of aliphatic hydroxyl groups is 1. The molecule has 0 fully saturated rings. The Morgan fingerprint density at radius 2 is 1.96 bits per heavy atom. The summed E-state index contributed by atoms with van der Waals surface area (Å²) in [5, 5.41) is 10.8. The maximum Gasteiger partial charge on any atom is 0.434 e. The van der Waals surface area contributed by atoms with E-state index in [0.717, 1.165) is 0 Å². The highest BCUT2D eigenvalue weighted by atomic mass is 32.8. The first-order valence-electron chi connectivity index (χ1n) is 7.69. The zero-order valence-corrected chi connectivity index (χ0v) is 16.1. The Hall–Kier alpha value is -2.20. The van der Waals surface area contributed by atoms with Crippen molar-refractivity contribution in [1.29, 1.82) is 0 Å². The average molecular weight is 416 g/mol. The summed E-state index contributed by atoms with van der Waals surface area (Å²) in [6.45, 7) is 3.50. The molecule has 1 N–H and O–H groups in total. The van der Waals surface area contributed by atoms with E-state index in [1.165, 1.54) is 25.4 Å². The number of ether oxygens (including phenoxy) is 1. The zero-order chi connectivity index (χ0) is 20.0. The number of hydrogen-bond acceptors (Lipinski definition) is 5. The van der Waals surface area contributed by atoms with Gasteiger partial charge in [-0.15, -0.1) is 0 Å². The molecule has 0 aromatic carbocycles. The third-order valence-corrected chi connectivity index (χ3v) is 8.43. The standard InChI is InChI=1S/C17H15F3N2O3S2/c1-16(2)10-5-4-8-21-12(10)13(23)14(27(16)26-24)9-6-7-11(25-3)22-15(9)17(18,19)20/h4-8,23H,1-3H3. The van der Waals surface area contributed by atoms with E-state index in [9.17, 15) is 22.5 Å². The van der Waals surface area contributed by atoms with Gasteiger partial charge in [0.05, 0.1) is 12.0 Å². The molecule has 1 aliphatic heterocycles. The lowest BCUT2D eigenvalue weighted by molar-refractivity contribution is -0.141. The second-order valence-electron chi connectivity index (χ2n) is 6.17. The fourth-order valence-electron chi connectivity index (χ4n) is 2.93. The van der Waals surface area contributed by atoms with Crippen molar-refractivity contribution in [2.45, 2.75) is 24.8 Å². The number of aliphatic hydroxyl groups excluding tert-OH is 1. The molecule has 0 bridgehead atoms. The summed E-state index contributed by atoms with van der Waals surface area (Å²) in [6.07, 6.45) is -3.36. The van der Waals surface area contributed by atoms with Crippen LogP contribution in [0.2, 0.25) is 0 Å². The SMILES string of the molecule is COc1ccc(C2=C(O)c3ncccc3C(C)(C)S2=S=O)c(C(F)(F)F)n1. The number of fused-ring (bicyclic) bond motifs is 1. The second-order valence-corrected chi connectivity index (χ2v) is 9.68. The molecule has 0 spiro atoms. The van der Waals surface area contributed by atoms with Crippen LogP contribution in [0.5, 0.6) is 5.88 Å². The number of rotatable bonds is 2. The number of halogens is 3. The predicted octanol–water partition coefficient (Wildman–Crippen LogP) is 3.88. The number of methoxy groups -OCH3 is 1. The first-order chi connectivity index (χ1) is 12.6. The van der Waals surface area contributed by atoms with Gasteiger partial charge in [0.25, 0.3) is 0 Å². The van der Waals surface area contributed by atoms with Crippen LogP contribution in [-0.4, -0.2) is 26.4 Å². The molecule has 0 radical (unpaired) electrons. The fourth-order valence-corrected chi connectivity index (χ4v) is 6.17. The van der Waals surface area contributed by atoms with Crippen LogP contribution in [0.1, 0.15) is 36.4 Å². The lowest BCUT2D eigenvalue weighted by Crippen LogP contribution is -2.31. The van der Waals surface area contributed by atoms with Crippen molar-refractivity contribution in [1.82, 2.24) is 9.97 Å². The molecule has 0 aliphatic carbocycles. The molecule has 1 atom stereocenters. The first-order valence-corrected chi connectivity index (χ1v) is 10.2. The molecule has 10 heteroatoms. The molecular weight excluding hydrogens is 401 g/mol. The number of hydrogen-bond donors (Lipinski definition) is 1. The summed E-state index contributed by atoms with van der Waals surface area (Å²) >= 11 is 0. The number of pyridine rings is 2. The molecule has 2 aromatic rings. The van der Waals surface area contributed by atoms with Crippen LogP contribution < -0.4 is 4.74 Å². The quantitative estimate of drug-likeness (QED) is 0.804. The van der Waals surface area contributed by atoms with E-state index in [-0.39, 0.29) is 32.3 Å². The second kappa shape index (κ2) is 6.75. The minimum atomic E-state index is -4.80. The largest absolute Gasteiger partial charge is 0.505 e. The van der Waals surface area contributed by atoms with E-state index in [2.05, 4.69) is 9.97 Å². The third-order valence-electron chi connectivity index (χ3n) is 4.20. The van der Waals surface area contributed by atoms with Crippen molar-refractivity contribution in [3.05, 3.63) is 53.0 Å². The fraction of sp³-hybridized carbons (Fsp3) is 0.294. The number of nitrogens with zero attached hydrogens (tertiary/aromatic N) is 2. The van der Waals surface area contributed by atoms with E-state index in [4.69, 9.17) is 4.74 Å². The van der Waals surface area contributed by atoms with E-state index >= 15 is 0 Å². The number of alkyl halides is 3. The molecule has 1 unspecified atom stereocenters. The molecule has 5 nitrogen and oxygen atoms in total. The van der Waals surface area contributed by atoms with Crippen molar-refractivity contribution >= 4 is 30.3 Å². The van der Waals surface area contributed by atoms with Crippen LogP contribution in [0.3, 0.4) is 0 Å². The van der Waals surface area contributed by atoms with E-state index < -0.39 is 31.8 Å². The normalized spacial score (nSPS) is 18.8. The molecule has 0 amide bonds. The molecule has 2 aromatic heterocycles. The molecule has 144 valence electrons. The third kappa shape index (κ3) is 3.16. The summed E-state index contributed by atoms with van der Waals surface area (Å²) in [5.74, 6) is -0.650. The Morgan fingerprint density at radius 1 is 1.26 bits per heavy atom. The molecule has 1 aliphatic rings. The molecule has 3 heterocycles. The summed E-state index contributed by atoms with van der Waals surface area (Å²) in [7, 11) is 0.0412. The van der Waals surface area contributed by atoms with Crippen molar-refractivity contribution < 1.29 is 27.2 Å². The average Bonchev–Trinajstić information content (AvgIpc) is 2.63. The van der Waals surface area contributed by atoms with E-state index in [1.807, 2.05) is 0 Å². The monoisotopic (exact) mass is 416 g/mol. The topological polar surface area (TPSA) is 72.3 Å². The Balaban J connectivity index is 2.42. The highest BCUT2D eigenvalue weighted by molar-refractivity contribution is 8.36. The Bertz CT molecular complexity index is 1010. The van der Waals surface area contributed by atoms with Gasteiger partial charge in [0.2, 0.25) is 5.88 Å². The summed E-state index contributed by atoms with van der Waals surface area (Å²) in [6, 6.07) is 5.80. The molecule has 27 heavy (non-hydrogen) atoms. The van der Waals surface area contributed by atoms with Gasteiger partial charge >= 0.3 is 6.18 Å². The van der Waals surface area contributed by atoms with Crippen LogP contribution in [0.4, 0.5) is 13.2 Å². The van der Waals surface area contributed by atoms with Crippen molar-refractivity contribution in [3.63, 3.8) is 0 Å². The van der Waals surface area contributed by atoms with Gasteiger partial charge in [-0.3, -0.25) is 4.98 Å². The van der Waals surface area contributed by atoms with Gasteiger partial charge in [0.1, 0.15) is 15.9 Å². The van der Waals surface area contributed by atoms with Crippen LogP contribution in [0.25, 0.3) is 10.7 Å². The number of aromatic nitrogens is 2. The lowest BCUT2D eigenvalue weighted by Gasteiger charge is -2.34. The van der Waals surface area contributed by atoms with Gasteiger partial charge in [-0.05, 0) is 41.0 Å². The van der Waals surface area contributed by atoms with Gasteiger partial charge < -0.3 is 9.84 Å². The predicted molar refractivity (Wildman–Crippen MR) is 98.0 cm³/mol. The highest BCUT2D eigenvalue weighted by Crippen LogP contribution is 2.47. The Labute approximate surface area is 158 Å². The molecule has 3 rings (SSSR count). The Kier molecular flexibility index (Phi) is 4.89. The van der Waals surface area contributed by atoms with E-state index in [1.54, 1.807) is 26.0 Å². The first kappa shape index (κ1) is 19.6. The van der Waals surface area contributed by atoms with Crippen molar-refractivity contribution in [2.75, 3.05) is 7.11 Å². The molecule has 0 saturated carbocycles. The van der Waals surface area contributed by atoms with Gasteiger partial charge in [-0.1, -0.05) is 6.07 Å². The Morgan fingerprint density at radius 3 is 2.56 bits per heavy atom. The van der Waals surface area contributed by atoms with Crippen LogP contribution >= 0.6 is 0 Å².